The molecule has 5 amide bonds. The number of imide groups is 1. The number of carbonyl (C=O) groups excluding carboxylic acids is 4. The van der Waals surface area contributed by atoms with Crippen molar-refractivity contribution >= 4 is 29.5 Å². The molecule has 0 saturated carbocycles. The van der Waals surface area contributed by atoms with Crippen molar-refractivity contribution in [3.63, 3.8) is 0 Å². The van der Waals surface area contributed by atoms with Crippen LogP contribution in [0.15, 0.2) is 5.16 Å². The molecule has 0 bridgehead atoms. The van der Waals surface area contributed by atoms with Gasteiger partial charge in [-0.3, -0.25) is 19.7 Å². The summed E-state index contributed by atoms with van der Waals surface area (Å²) < 4.78 is 0. The van der Waals surface area contributed by atoms with E-state index < -0.39 is 29.4 Å². The smallest absolute Gasteiger partial charge is 0.340 e. The van der Waals surface area contributed by atoms with E-state index in [-0.39, 0.29) is 5.71 Å². The van der Waals surface area contributed by atoms with E-state index in [1.165, 1.54) is 21.0 Å². The second kappa shape index (κ2) is 7.93. The Hall–Kier alpha value is -2.69. The van der Waals surface area contributed by atoms with Crippen LogP contribution < -0.4 is 16.5 Å². The molecule has 124 valence electrons. The number of hydrogen-bond acceptors (Lipinski definition) is 7. The number of primary amides is 1. The Morgan fingerprint density at radius 1 is 1.18 bits per heavy atom. The Morgan fingerprint density at radius 3 is 2.09 bits per heavy atom. The van der Waals surface area contributed by atoms with Crippen LogP contribution in [0.4, 0.5) is 4.79 Å². The molecule has 1 unspecified atom stereocenters. The van der Waals surface area contributed by atoms with Crippen molar-refractivity contribution in [1.82, 2.24) is 15.7 Å². The van der Waals surface area contributed by atoms with E-state index >= 15 is 0 Å². The number of urea groups is 1. The first-order valence-electron chi connectivity index (χ1n) is 5.95. The summed E-state index contributed by atoms with van der Waals surface area (Å²) in [5, 5.41) is 5.28. The molecule has 0 heterocycles. The van der Waals surface area contributed by atoms with Crippen LogP contribution in [0.3, 0.4) is 0 Å². The van der Waals surface area contributed by atoms with E-state index in [4.69, 9.17) is 10.6 Å². The lowest BCUT2D eigenvalue weighted by atomic mass is 9.96. The van der Waals surface area contributed by atoms with Gasteiger partial charge in [0.1, 0.15) is 12.8 Å². The second-order valence-electron chi connectivity index (χ2n) is 4.32. The van der Waals surface area contributed by atoms with Crippen molar-refractivity contribution in [2.75, 3.05) is 21.2 Å². The number of nitrogens with two attached hydrogens (primary N) is 1. The molecule has 0 rings (SSSR count). The van der Waals surface area contributed by atoms with Gasteiger partial charge in [-0.1, -0.05) is 5.16 Å². The molecule has 1 atom stereocenters. The summed E-state index contributed by atoms with van der Waals surface area (Å²) in [7, 11) is 3.96. The molecule has 0 aromatic rings. The van der Waals surface area contributed by atoms with Crippen molar-refractivity contribution in [2.24, 2.45) is 10.9 Å². The van der Waals surface area contributed by atoms with Crippen LogP contribution in [-0.4, -0.2) is 61.2 Å². The molecule has 0 radical (unpaired) electrons. The number of oxime groups is 1. The van der Waals surface area contributed by atoms with E-state index in [0.717, 1.165) is 18.9 Å². The van der Waals surface area contributed by atoms with Crippen LogP contribution in [-0.2, 0) is 24.1 Å². The number of carbonyl (C=O) groups is 4. The first-order valence-corrected chi connectivity index (χ1v) is 5.95. The Morgan fingerprint density at radius 2 is 1.73 bits per heavy atom. The second-order valence-corrected chi connectivity index (χ2v) is 4.32. The van der Waals surface area contributed by atoms with Gasteiger partial charge in [0, 0.05) is 21.0 Å². The molecule has 11 heteroatoms. The largest absolute Gasteiger partial charge is 0.399 e. The lowest BCUT2D eigenvalue weighted by Crippen LogP contribution is -2.65. The van der Waals surface area contributed by atoms with Crippen LogP contribution >= 0.6 is 0 Å². The van der Waals surface area contributed by atoms with Gasteiger partial charge in [-0.05, 0) is 6.92 Å². The van der Waals surface area contributed by atoms with E-state index in [2.05, 4.69) is 9.99 Å². The first kappa shape index (κ1) is 19.3. The Bertz CT molecular complexity index is 503. The predicted octanol–water partition coefficient (Wildman–Crippen LogP) is -1.90. The highest BCUT2D eigenvalue weighted by Gasteiger charge is 2.51. The standard InChI is InChI=1S/C11H19N5O6/c1-6(14-21-5)11(8(12)18,9(19)13-7(2)17)22-15-10(20)16(3)4/h1-5H3,(H2,12,18)(H,15,20)(H,13,17,19)/b14-6+. The van der Waals surface area contributed by atoms with Crippen molar-refractivity contribution in [3.05, 3.63) is 0 Å². The Kier molecular flexibility index (Phi) is 6.96. The molecule has 22 heavy (non-hydrogen) atoms. The van der Waals surface area contributed by atoms with Gasteiger partial charge in [0.15, 0.2) is 0 Å². The molecule has 0 saturated heterocycles. The highest BCUT2D eigenvalue weighted by atomic mass is 16.7. The third-order valence-corrected chi connectivity index (χ3v) is 2.39. The van der Waals surface area contributed by atoms with Crippen molar-refractivity contribution in [2.45, 2.75) is 19.4 Å². The van der Waals surface area contributed by atoms with Crippen LogP contribution in [0, 0.1) is 0 Å². The maximum atomic E-state index is 12.2. The molecular formula is C11H19N5O6. The molecule has 0 aliphatic carbocycles. The first-order chi connectivity index (χ1) is 10.1. The third kappa shape index (κ3) is 4.41. The lowest BCUT2D eigenvalue weighted by Gasteiger charge is -2.28. The zero-order chi connectivity index (χ0) is 17.5. The molecule has 0 aromatic heterocycles. The van der Waals surface area contributed by atoms with Crippen LogP contribution in [0.1, 0.15) is 13.8 Å². The predicted molar refractivity (Wildman–Crippen MR) is 74.2 cm³/mol. The summed E-state index contributed by atoms with van der Waals surface area (Å²) in [6.45, 7) is 2.25. The minimum Gasteiger partial charge on any atom is -0.399 e. The van der Waals surface area contributed by atoms with Gasteiger partial charge in [-0.2, -0.15) is 0 Å². The lowest BCUT2D eigenvalue weighted by molar-refractivity contribution is -0.156. The van der Waals surface area contributed by atoms with Gasteiger partial charge in [0.25, 0.3) is 17.4 Å². The summed E-state index contributed by atoms with van der Waals surface area (Å²) in [6.07, 6.45) is 0. The third-order valence-electron chi connectivity index (χ3n) is 2.39. The summed E-state index contributed by atoms with van der Waals surface area (Å²) in [5.74, 6) is -3.28. The van der Waals surface area contributed by atoms with Crippen molar-refractivity contribution in [3.8, 4) is 0 Å². The molecule has 4 N–H and O–H groups in total. The summed E-state index contributed by atoms with van der Waals surface area (Å²) in [5.41, 5.74) is 4.21. The molecule has 0 fully saturated rings. The highest BCUT2D eigenvalue weighted by Crippen LogP contribution is 2.14. The average molecular weight is 317 g/mol. The van der Waals surface area contributed by atoms with E-state index in [1.54, 1.807) is 0 Å². The van der Waals surface area contributed by atoms with Crippen LogP contribution in [0.2, 0.25) is 0 Å². The molecule has 0 aromatic carbocycles. The molecule has 0 spiro atoms. The van der Waals surface area contributed by atoms with E-state index in [0.29, 0.717) is 0 Å². The number of amides is 5. The quantitative estimate of drug-likeness (QED) is 0.295. The topological polar surface area (TPSA) is 152 Å². The van der Waals surface area contributed by atoms with Gasteiger partial charge < -0.3 is 15.5 Å². The van der Waals surface area contributed by atoms with E-state index in [1.807, 2.05) is 10.8 Å². The number of nitrogens with one attached hydrogen (secondary N) is 2. The highest BCUT2D eigenvalue weighted by molar-refractivity contribution is 6.29. The fraction of sp³-hybridized carbons (Fsp3) is 0.545. The van der Waals surface area contributed by atoms with Gasteiger partial charge in [-0.25, -0.2) is 15.1 Å². The maximum absolute atomic E-state index is 12.2. The molecule has 0 aliphatic rings. The zero-order valence-corrected chi connectivity index (χ0v) is 12.9. The summed E-state index contributed by atoms with van der Waals surface area (Å²) >= 11 is 0. The number of hydroxylamine groups is 1. The Labute approximate surface area is 126 Å². The van der Waals surface area contributed by atoms with Crippen molar-refractivity contribution in [1.29, 1.82) is 0 Å². The van der Waals surface area contributed by atoms with Gasteiger partial charge in [-0.15, -0.1) is 0 Å². The summed E-state index contributed by atoms with van der Waals surface area (Å²) in [6, 6.07) is -0.772. The minimum atomic E-state index is -2.55. The monoisotopic (exact) mass is 317 g/mol. The van der Waals surface area contributed by atoms with Crippen LogP contribution in [0.5, 0.6) is 0 Å². The summed E-state index contributed by atoms with van der Waals surface area (Å²) in [4.78, 5) is 56.9. The average Bonchev–Trinajstić information content (AvgIpc) is 2.37. The fourth-order valence-corrected chi connectivity index (χ4v) is 1.29. The molecular weight excluding hydrogens is 298 g/mol. The SMILES string of the molecule is CO/N=C(\C)C(ONC(=O)N(C)C)(C(N)=O)C(=O)NC(C)=O. The normalized spacial score (nSPS) is 13.6. The van der Waals surface area contributed by atoms with Crippen molar-refractivity contribution < 1.29 is 28.9 Å². The Balaban J connectivity index is 5.73. The maximum Gasteiger partial charge on any atom is 0.340 e. The number of rotatable bonds is 6. The van der Waals surface area contributed by atoms with Crippen LogP contribution in [0.25, 0.3) is 0 Å². The van der Waals surface area contributed by atoms with Gasteiger partial charge in [0.05, 0.1) is 0 Å². The van der Waals surface area contributed by atoms with Gasteiger partial charge >= 0.3 is 6.03 Å². The number of hydrogen-bond donors (Lipinski definition) is 3. The molecule has 11 nitrogen and oxygen atoms in total. The zero-order valence-electron chi connectivity index (χ0n) is 12.9. The van der Waals surface area contributed by atoms with E-state index in [9.17, 15) is 19.2 Å². The fourth-order valence-electron chi connectivity index (χ4n) is 1.29. The minimum absolute atomic E-state index is 0.319. The van der Waals surface area contributed by atoms with Gasteiger partial charge in [0.2, 0.25) is 5.91 Å². The molecule has 0 aliphatic heterocycles. The number of nitrogens with zero attached hydrogens (tertiary/aromatic N) is 2.